The molecule has 9 heteroatoms. The summed E-state index contributed by atoms with van der Waals surface area (Å²) in [5.41, 5.74) is 10.5. The van der Waals surface area contributed by atoms with E-state index in [4.69, 9.17) is 5.73 Å². The van der Waals surface area contributed by atoms with Gasteiger partial charge in [0.2, 0.25) is 11.8 Å². The van der Waals surface area contributed by atoms with Gasteiger partial charge in [0.05, 0.1) is 5.54 Å². The average Bonchev–Trinajstić information content (AvgIpc) is 3.25. The van der Waals surface area contributed by atoms with Crippen LogP contribution in [-0.2, 0) is 27.2 Å². The van der Waals surface area contributed by atoms with Crippen molar-refractivity contribution in [3.05, 3.63) is 71.9 Å². The lowest BCUT2D eigenvalue weighted by Crippen LogP contribution is -2.59. The van der Waals surface area contributed by atoms with Gasteiger partial charge in [-0.1, -0.05) is 48.5 Å². The first-order chi connectivity index (χ1) is 17.5. The Labute approximate surface area is 218 Å². The third kappa shape index (κ3) is 7.41. The van der Waals surface area contributed by atoms with Crippen LogP contribution in [0.25, 0.3) is 10.9 Å². The zero-order chi connectivity index (χ0) is 27.2. The van der Waals surface area contributed by atoms with Gasteiger partial charge in [-0.2, -0.15) is 0 Å². The first-order valence-electron chi connectivity index (χ1n) is 12.4. The standard InChI is InChI=1S/C28H38N6O3/c1-28(2,29)27(37)31-23(17-20-18-30-22-14-10-9-13-21(20)22)26(36)34(5)24(25(35)32-33(3)4)16-15-19-11-7-6-8-12-19/h6-14,18,23-24,30H,15-17,29H2,1-5H3,(H,31,37)(H,32,35)/t23-,24-/m1/s1. The number of likely N-dealkylation sites (N-methyl/N-ethyl adjacent to an activating group) is 1. The van der Waals surface area contributed by atoms with Gasteiger partial charge in [-0.3, -0.25) is 19.8 Å². The quantitative estimate of drug-likeness (QED) is 0.296. The second kappa shape index (κ2) is 12.0. The molecule has 0 aliphatic rings. The molecule has 3 aromatic rings. The number of rotatable bonds is 11. The smallest absolute Gasteiger partial charge is 0.257 e. The van der Waals surface area contributed by atoms with Gasteiger partial charge in [0.25, 0.3) is 5.91 Å². The van der Waals surface area contributed by atoms with Crippen molar-refractivity contribution in [3.8, 4) is 0 Å². The monoisotopic (exact) mass is 506 g/mol. The molecule has 5 N–H and O–H groups in total. The summed E-state index contributed by atoms with van der Waals surface area (Å²) in [6.45, 7) is 3.18. The van der Waals surface area contributed by atoms with Crippen LogP contribution in [0.5, 0.6) is 0 Å². The predicted molar refractivity (Wildman–Crippen MR) is 145 cm³/mol. The lowest BCUT2D eigenvalue weighted by atomic mass is 9.99. The van der Waals surface area contributed by atoms with Crippen LogP contribution >= 0.6 is 0 Å². The number of aromatic amines is 1. The Balaban J connectivity index is 1.89. The molecule has 37 heavy (non-hydrogen) atoms. The molecule has 198 valence electrons. The maximum Gasteiger partial charge on any atom is 0.257 e. The van der Waals surface area contributed by atoms with E-state index < -0.39 is 23.5 Å². The van der Waals surface area contributed by atoms with Crippen molar-refractivity contribution in [2.24, 2.45) is 5.73 Å². The van der Waals surface area contributed by atoms with Gasteiger partial charge in [0, 0.05) is 44.7 Å². The Morgan fingerprint density at radius 3 is 2.30 bits per heavy atom. The molecule has 1 heterocycles. The lowest BCUT2D eigenvalue weighted by Gasteiger charge is -2.32. The highest BCUT2D eigenvalue weighted by atomic mass is 16.2. The third-order valence-corrected chi connectivity index (χ3v) is 6.29. The van der Waals surface area contributed by atoms with Gasteiger partial charge in [-0.25, -0.2) is 5.01 Å². The fourth-order valence-corrected chi connectivity index (χ4v) is 4.21. The van der Waals surface area contributed by atoms with Crippen molar-refractivity contribution >= 4 is 28.6 Å². The molecule has 3 rings (SSSR count). The number of aryl methyl sites for hydroxylation is 1. The van der Waals surface area contributed by atoms with Gasteiger partial charge in [0.1, 0.15) is 12.1 Å². The molecule has 0 saturated carbocycles. The number of hydrogen-bond donors (Lipinski definition) is 4. The number of benzene rings is 2. The molecule has 0 radical (unpaired) electrons. The summed E-state index contributed by atoms with van der Waals surface area (Å²) in [4.78, 5) is 44.5. The second-order valence-corrected chi connectivity index (χ2v) is 10.2. The van der Waals surface area contributed by atoms with E-state index in [1.54, 1.807) is 40.0 Å². The number of nitrogens with one attached hydrogen (secondary N) is 3. The molecule has 3 amide bonds. The van der Waals surface area contributed by atoms with Gasteiger partial charge < -0.3 is 20.9 Å². The summed E-state index contributed by atoms with van der Waals surface area (Å²) < 4.78 is 0. The number of hydrazine groups is 1. The highest BCUT2D eigenvalue weighted by Crippen LogP contribution is 2.21. The molecule has 0 saturated heterocycles. The topological polar surface area (TPSA) is 124 Å². The van der Waals surface area contributed by atoms with Crippen LogP contribution < -0.4 is 16.5 Å². The van der Waals surface area contributed by atoms with Gasteiger partial charge in [0.15, 0.2) is 0 Å². The molecule has 1 aromatic heterocycles. The number of carbonyl (C=O) groups excluding carboxylic acids is 3. The fraction of sp³-hybridized carbons (Fsp3) is 0.393. The lowest BCUT2D eigenvalue weighted by molar-refractivity contribution is -0.143. The Morgan fingerprint density at radius 2 is 1.65 bits per heavy atom. The number of H-pyrrole nitrogens is 1. The van der Waals surface area contributed by atoms with E-state index in [-0.39, 0.29) is 18.2 Å². The van der Waals surface area contributed by atoms with E-state index in [2.05, 4.69) is 15.7 Å². The number of nitrogens with two attached hydrogens (primary N) is 1. The molecule has 0 aliphatic carbocycles. The van der Waals surface area contributed by atoms with Crippen molar-refractivity contribution in [3.63, 3.8) is 0 Å². The van der Waals surface area contributed by atoms with Crippen molar-refractivity contribution in [2.45, 2.75) is 50.7 Å². The number of hydrogen-bond acceptors (Lipinski definition) is 5. The first kappa shape index (κ1) is 27.9. The number of carbonyl (C=O) groups is 3. The minimum atomic E-state index is -1.17. The maximum absolute atomic E-state index is 13.9. The Kier molecular flexibility index (Phi) is 9.07. The molecule has 9 nitrogen and oxygen atoms in total. The first-order valence-corrected chi connectivity index (χ1v) is 12.4. The Hall–Kier alpha value is -3.69. The van der Waals surface area contributed by atoms with Gasteiger partial charge in [-0.05, 0) is 43.9 Å². The van der Waals surface area contributed by atoms with Crippen LogP contribution in [0.4, 0.5) is 0 Å². The highest BCUT2D eigenvalue weighted by Gasteiger charge is 2.34. The van der Waals surface area contributed by atoms with Crippen molar-refractivity contribution < 1.29 is 14.4 Å². The normalized spacial score (nSPS) is 13.3. The van der Waals surface area contributed by atoms with Crippen LogP contribution in [-0.4, -0.2) is 71.4 Å². The number of fused-ring (bicyclic) bond motifs is 1. The molecule has 0 bridgehead atoms. The zero-order valence-electron chi connectivity index (χ0n) is 22.2. The SMILES string of the molecule is CN(C)NC(=O)[C@@H](CCc1ccccc1)N(C)C(=O)[C@@H](Cc1c[nH]c2ccccc12)NC(=O)C(C)(C)N. The molecular weight excluding hydrogens is 468 g/mol. The Bertz CT molecular complexity index is 1220. The number of aromatic nitrogens is 1. The van der Waals surface area contributed by atoms with Crippen molar-refractivity contribution in [1.82, 2.24) is 25.6 Å². The molecule has 0 aliphatic heterocycles. The molecule has 2 atom stereocenters. The van der Waals surface area contributed by atoms with Gasteiger partial charge >= 0.3 is 0 Å². The van der Waals surface area contributed by atoms with Crippen LogP contribution in [0.1, 0.15) is 31.4 Å². The van der Waals surface area contributed by atoms with Crippen molar-refractivity contribution in [2.75, 3.05) is 21.1 Å². The van der Waals surface area contributed by atoms with E-state index in [9.17, 15) is 14.4 Å². The fourth-order valence-electron chi connectivity index (χ4n) is 4.21. The van der Waals surface area contributed by atoms with Crippen LogP contribution in [0, 0.1) is 0 Å². The van der Waals surface area contributed by atoms with E-state index in [1.165, 1.54) is 4.90 Å². The predicted octanol–water partition coefficient (Wildman–Crippen LogP) is 1.99. The third-order valence-electron chi connectivity index (χ3n) is 6.29. The summed E-state index contributed by atoms with van der Waals surface area (Å²) in [6.07, 6.45) is 3.12. The van der Waals surface area contributed by atoms with E-state index in [0.29, 0.717) is 12.8 Å². The average molecular weight is 507 g/mol. The summed E-state index contributed by atoms with van der Waals surface area (Å²) in [7, 11) is 5.05. The molecule has 0 unspecified atom stereocenters. The van der Waals surface area contributed by atoms with Crippen molar-refractivity contribution in [1.29, 1.82) is 0 Å². The number of nitrogens with zero attached hydrogens (tertiary/aromatic N) is 2. The second-order valence-electron chi connectivity index (χ2n) is 10.2. The summed E-state index contributed by atoms with van der Waals surface area (Å²) in [6, 6.07) is 15.9. The minimum absolute atomic E-state index is 0.246. The molecule has 2 aromatic carbocycles. The zero-order valence-corrected chi connectivity index (χ0v) is 22.2. The largest absolute Gasteiger partial charge is 0.361 e. The number of para-hydroxylation sites is 1. The van der Waals surface area contributed by atoms with E-state index in [1.807, 2.05) is 60.8 Å². The highest BCUT2D eigenvalue weighted by molar-refractivity contribution is 5.94. The van der Waals surface area contributed by atoms with Gasteiger partial charge in [-0.15, -0.1) is 0 Å². The van der Waals surface area contributed by atoms with Crippen LogP contribution in [0.3, 0.4) is 0 Å². The van der Waals surface area contributed by atoms with E-state index >= 15 is 0 Å². The van der Waals surface area contributed by atoms with E-state index in [0.717, 1.165) is 22.0 Å². The van der Waals surface area contributed by atoms with Crippen LogP contribution in [0.2, 0.25) is 0 Å². The summed E-state index contributed by atoms with van der Waals surface area (Å²) >= 11 is 0. The molecule has 0 fully saturated rings. The summed E-state index contributed by atoms with van der Waals surface area (Å²) in [5.74, 6) is -1.11. The summed E-state index contributed by atoms with van der Waals surface area (Å²) in [5, 5.41) is 5.36. The molecular formula is C28H38N6O3. The Morgan fingerprint density at radius 1 is 1.00 bits per heavy atom. The van der Waals surface area contributed by atoms with Crippen LogP contribution in [0.15, 0.2) is 60.8 Å². The molecule has 0 spiro atoms. The minimum Gasteiger partial charge on any atom is -0.361 e. The number of amides is 3. The maximum atomic E-state index is 13.9.